The van der Waals surface area contributed by atoms with Crippen molar-refractivity contribution < 1.29 is 9.47 Å². The van der Waals surface area contributed by atoms with Crippen molar-refractivity contribution in [1.82, 2.24) is 0 Å². The number of halogens is 1. The van der Waals surface area contributed by atoms with Gasteiger partial charge < -0.3 is 9.47 Å². The van der Waals surface area contributed by atoms with E-state index in [9.17, 15) is 0 Å². The first-order chi connectivity index (χ1) is 8.81. The van der Waals surface area contributed by atoms with E-state index in [0.29, 0.717) is 0 Å². The van der Waals surface area contributed by atoms with Gasteiger partial charge in [-0.15, -0.1) is 3.69 Å². The summed E-state index contributed by atoms with van der Waals surface area (Å²) in [5, 5.41) is 0. The molecule has 0 aromatic heterocycles. The summed E-state index contributed by atoms with van der Waals surface area (Å²) in [5.41, 5.74) is 2.22. The maximum atomic E-state index is 5.46. The fourth-order valence-corrected chi connectivity index (χ4v) is 4.13. The van der Waals surface area contributed by atoms with E-state index in [4.69, 9.17) is 9.47 Å². The van der Waals surface area contributed by atoms with Crippen LogP contribution in [-0.4, -0.2) is 32.4 Å². The first-order valence-corrected chi connectivity index (χ1v) is 10.3. The van der Waals surface area contributed by atoms with Gasteiger partial charge in [-0.3, -0.25) is 12.9 Å². The van der Waals surface area contributed by atoms with Crippen LogP contribution >= 0.6 is 12.9 Å². The van der Waals surface area contributed by atoms with Gasteiger partial charge in [0.15, 0.2) is 0 Å². The second-order valence-electron chi connectivity index (χ2n) is 3.83. The van der Waals surface area contributed by atoms with Gasteiger partial charge in [0.05, 0.1) is 19.8 Å². The van der Waals surface area contributed by atoms with E-state index in [2.05, 4.69) is 31.1 Å². The molecule has 0 aliphatic heterocycles. The Morgan fingerprint density at radius 3 is 2.06 bits per heavy atom. The quantitative estimate of drug-likeness (QED) is 0.807. The van der Waals surface area contributed by atoms with Crippen LogP contribution in [0.2, 0.25) is 0 Å². The molecule has 0 atom stereocenters. The molecule has 0 radical (unpaired) electrons. The Bertz CT molecular complexity index is 521. The summed E-state index contributed by atoms with van der Waals surface area (Å²) >= 11 is 3.23. The van der Waals surface area contributed by atoms with E-state index in [0.717, 1.165) is 17.1 Å². The first-order valence-electron chi connectivity index (χ1n) is 5.67. The van der Waals surface area contributed by atoms with Crippen LogP contribution in [0.3, 0.4) is 0 Å². The number of hydrogen-bond donors (Lipinski definition) is 0. The lowest BCUT2D eigenvalue weighted by molar-refractivity contribution is 0.397. The van der Waals surface area contributed by atoms with Crippen molar-refractivity contribution >= 4 is 34.8 Å². The summed E-state index contributed by atoms with van der Waals surface area (Å²) in [6.45, 7) is 0. The average molecular weight is 317 g/mol. The molecular weight excluding hydrogens is 304 g/mol. The molecule has 0 amide bonds. The van der Waals surface area contributed by atoms with Crippen molar-refractivity contribution in [3.63, 3.8) is 0 Å². The molecule has 18 heavy (non-hydrogen) atoms. The lowest BCUT2D eigenvalue weighted by Crippen LogP contribution is -2.12. The standard InChI is InChI=1S/C14H13O2.BrH.Mg/c1-15-12-9-6-10-13(16-2)14(12)11-7-4-3-5-8-11;;/h3-7,9-10H,1-2H3;1H;/q;;+1/p-1. The molecule has 0 fully saturated rings. The van der Waals surface area contributed by atoms with Crippen molar-refractivity contribution in [2.75, 3.05) is 14.2 Å². The second-order valence-corrected chi connectivity index (χ2v) is 6.54. The molecule has 0 saturated carbocycles. The molecule has 2 aromatic rings. The van der Waals surface area contributed by atoms with Gasteiger partial charge in [0.25, 0.3) is 0 Å². The van der Waals surface area contributed by atoms with E-state index in [1.54, 1.807) is 14.2 Å². The third kappa shape index (κ3) is 2.65. The van der Waals surface area contributed by atoms with Crippen LogP contribution < -0.4 is 13.2 Å². The molecule has 0 unspecified atom stereocenters. The minimum Gasteiger partial charge on any atom is -0.496 e. The molecule has 0 aliphatic carbocycles. The number of rotatable bonds is 4. The molecule has 0 heterocycles. The zero-order chi connectivity index (χ0) is 13.0. The van der Waals surface area contributed by atoms with Crippen LogP contribution in [-0.2, 0) is 0 Å². The summed E-state index contributed by atoms with van der Waals surface area (Å²) < 4.78 is 12.3. The highest BCUT2D eigenvalue weighted by atomic mass is 79.9. The lowest BCUT2D eigenvalue weighted by Gasteiger charge is -2.15. The molecule has 2 rings (SSSR count). The Balaban J connectivity index is 2.68. The van der Waals surface area contributed by atoms with Gasteiger partial charge >= 0.3 is 18.2 Å². The summed E-state index contributed by atoms with van der Waals surface area (Å²) in [6, 6.07) is 14.2. The number of ether oxygens (including phenoxy) is 2. The van der Waals surface area contributed by atoms with Crippen molar-refractivity contribution in [1.29, 1.82) is 0 Å². The summed E-state index contributed by atoms with van der Waals surface area (Å²) in [7, 11) is 3.37. The van der Waals surface area contributed by atoms with Gasteiger partial charge in [-0.25, -0.2) is 0 Å². The molecule has 2 nitrogen and oxygen atoms in total. The number of hydrogen-bond acceptors (Lipinski definition) is 2. The Labute approximate surface area is 123 Å². The molecule has 2 aromatic carbocycles. The lowest BCUT2D eigenvalue weighted by atomic mass is 10.0. The van der Waals surface area contributed by atoms with Crippen LogP contribution in [0.5, 0.6) is 11.5 Å². The van der Waals surface area contributed by atoms with Crippen molar-refractivity contribution in [2.24, 2.45) is 0 Å². The highest BCUT2D eigenvalue weighted by Crippen LogP contribution is 2.37. The Hall–Kier alpha value is -0.714. The third-order valence-electron chi connectivity index (χ3n) is 2.86. The summed E-state index contributed by atoms with van der Waals surface area (Å²) in [5.74, 6) is 1.69. The monoisotopic (exact) mass is 316 g/mol. The number of methoxy groups -OCH3 is 2. The predicted octanol–water partition coefficient (Wildman–Crippen LogP) is 3.01. The van der Waals surface area contributed by atoms with E-state index >= 15 is 0 Å². The molecule has 4 heteroatoms. The van der Waals surface area contributed by atoms with Gasteiger partial charge in [0.2, 0.25) is 0 Å². The van der Waals surface area contributed by atoms with Gasteiger partial charge in [-0.2, -0.15) is 0 Å². The van der Waals surface area contributed by atoms with Crippen LogP contribution in [0.1, 0.15) is 0 Å². The molecule has 0 saturated heterocycles. The van der Waals surface area contributed by atoms with E-state index in [1.165, 1.54) is 9.26 Å². The van der Waals surface area contributed by atoms with E-state index in [1.807, 2.05) is 24.3 Å². The van der Waals surface area contributed by atoms with Gasteiger partial charge in [-0.1, -0.05) is 30.3 Å². The van der Waals surface area contributed by atoms with Crippen molar-refractivity contribution in [3.8, 4) is 22.6 Å². The topological polar surface area (TPSA) is 18.5 Å². The maximum absolute atomic E-state index is 5.46. The largest absolute Gasteiger partial charge is 0.507 e. The fraction of sp³-hybridized carbons (Fsp3) is 0.143. The van der Waals surface area contributed by atoms with Gasteiger partial charge in [0, 0.05) is 0 Å². The van der Waals surface area contributed by atoms with Crippen LogP contribution in [0.4, 0.5) is 0 Å². The normalized spacial score (nSPS) is 9.72. The zero-order valence-electron chi connectivity index (χ0n) is 10.4. The SMILES string of the molecule is COc1cccc(OC)c1-c1cccc[c]1[Mg][Br]. The maximum Gasteiger partial charge on any atom is 0.507 e. The van der Waals surface area contributed by atoms with Crippen molar-refractivity contribution in [2.45, 2.75) is 0 Å². The van der Waals surface area contributed by atoms with Gasteiger partial charge in [-0.05, 0) is 17.7 Å². The molecule has 0 N–H and O–H groups in total. The fourth-order valence-electron chi connectivity index (χ4n) is 2.00. The van der Waals surface area contributed by atoms with Crippen LogP contribution in [0.25, 0.3) is 11.1 Å². The molecule has 90 valence electrons. The minimum atomic E-state index is -0.427. The third-order valence-corrected chi connectivity index (χ3v) is 5.58. The average Bonchev–Trinajstić information content (AvgIpc) is 2.46. The van der Waals surface area contributed by atoms with Crippen LogP contribution in [0.15, 0.2) is 42.5 Å². The zero-order valence-corrected chi connectivity index (χ0v) is 13.4. The van der Waals surface area contributed by atoms with Gasteiger partial charge in [0.1, 0.15) is 11.5 Å². The van der Waals surface area contributed by atoms with E-state index in [-0.39, 0.29) is 0 Å². The Morgan fingerprint density at radius 2 is 1.50 bits per heavy atom. The first kappa shape index (κ1) is 13.7. The minimum absolute atomic E-state index is 0.427. The molecule has 0 spiro atoms. The van der Waals surface area contributed by atoms with Crippen LogP contribution in [0, 0.1) is 0 Å². The molecule has 0 aliphatic rings. The summed E-state index contributed by atoms with van der Waals surface area (Å²) in [4.78, 5) is 0. The predicted molar refractivity (Wildman–Crippen MR) is 79.3 cm³/mol. The number of benzene rings is 2. The second kappa shape index (κ2) is 6.45. The Morgan fingerprint density at radius 1 is 0.889 bits per heavy atom. The van der Waals surface area contributed by atoms with E-state index < -0.39 is 18.2 Å². The summed E-state index contributed by atoms with van der Waals surface area (Å²) in [6.07, 6.45) is 0. The Kier molecular flexibility index (Phi) is 4.91. The molecule has 0 bridgehead atoms. The van der Waals surface area contributed by atoms with Crippen molar-refractivity contribution in [3.05, 3.63) is 42.5 Å². The molecular formula is C14H13BrMgO2. The smallest absolute Gasteiger partial charge is 0.496 e. The highest BCUT2D eigenvalue weighted by molar-refractivity contribution is 9.23. The highest BCUT2D eigenvalue weighted by Gasteiger charge is 2.14.